The molecule has 2 N–H and O–H groups in total. The summed E-state index contributed by atoms with van der Waals surface area (Å²) in [7, 11) is 1.70. The van der Waals surface area contributed by atoms with Crippen molar-refractivity contribution in [3.8, 4) is 11.1 Å². The van der Waals surface area contributed by atoms with E-state index < -0.39 is 30.4 Å². The lowest BCUT2D eigenvalue weighted by Crippen LogP contribution is -2.53. The van der Waals surface area contributed by atoms with Crippen molar-refractivity contribution >= 4 is 18.0 Å². The minimum Gasteiger partial charge on any atom is -0.481 e. The number of hydrogen-bond donors (Lipinski definition) is 2. The lowest BCUT2D eigenvalue weighted by atomic mass is 9.85. The van der Waals surface area contributed by atoms with Crippen molar-refractivity contribution in [1.82, 2.24) is 10.2 Å². The smallest absolute Gasteiger partial charge is 0.407 e. The van der Waals surface area contributed by atoms with Crippen LogP contribution in [-0.2, 0) is 14.3 Å². The van der Waals surface area contributed by atoms with Gasteiger partial charge in [-0.2, -0.15) is 0 Å². The molecule has 180 valence electrons. The second-order valence-corrected chi connectivity index (χ2v) is 9.40. The molecule has 0 bridgehead atoms. The van der Waals surface area contributed by atoms with Gasteiger partial charge in [0.2, 0.25) is 5.91 Å². The summed E-state index contributed by atoms with van der Waals surface area (Å²) in [5.41, 5.74) is 4.41. The topological polar surface area (TPSA) is 95.9 Å². The Bertz CT molecular complexity index is 1020. The first-order valence-electron chi connectivity index (χ1n) is 12.0. The molecule has 0 aliphatic heterocycles. The molecule has 2 aromatic rings. The van der Waals surface area contributed by atoms with Gasteiger partial charge in [-0.15, -0.1) is 0 Å². The molecule has 0 radical (unpaired) electrons. The van der Waals surface area contributed by atoms with Crippen molar-refractivity contribution in [3.05, 3.63) is 59.7 Å². The van der Waals surface area contributed by atoms with Gasteiger partial charge in [0.05, 0.1) is 6.42 Å². The molecule has 2 aromatic carbocycles. The van der Waals surface area contributed by atoms with Crippen molar-refractivity contribution in [1.29, 1.82) is 0 Å². The van der Waals surface area contributed by atoms with Crippen LogP contribution in [0.1, 0.15) is 56.1 Å². The third-order valence-electron chi connectivity index (χ3n) is 7.22. The third-order valence-corrected chi connectivity index (χ3v) is 7.22. The molecule has 3 unspecified atom stereocenters. The third kappa shape index (κ3) is 4.93. The molecule has 2 aliphatic rings. The number of alkyl carbamates (subject to hydrolysis) is 1. The van der Waals surface area contributed by atoms with E-state index >= 15 is 0 Å². The van der Waals surface area contributed by atoms with Crippen LogP contribution in [0.5, 0.6) is 0 Å². The maximum Gasteiger partial charge on any atom is 0.407 e. The molecule has 7 heteroatoms. The van der Waals surface area contributed by atoms with E-state index in [-0.39, 0.29) is 18.6 Å². The maximum absolute atomic E-state index is 13.1. The molecule has 4 rings (SSSR count). The van der Waals surface area contributed by atoms with E-state index in [1.54, 1.807) is 11.9 Å². The van der Waals surface area contributed by atoms with Crippen LogP contribution in [0.2, 0.25) is 0 Å². The maximum atomic E-state index is 13.1. The summed E-state index contributed by atoms with van der Waals surface area (Å²) in [6, 6.07) is 14.9. The minimum absolute atomic E-state index is 0.0434. The van der Waals surface area contributed by atoms with Crippen LogP contribution in [0, 0.1) is 5.92 Å². The Labute approximate surface area is 200 Å². The summed E-state index contributed by atoms with van der Waals surface area (Å²) in [5, 5.41) is 11.9. The van der Waals surface area contributed by atoms with Gasteiger partial charge in [0.15, 0.2) is 0 Å². The number of fused-ring (bicyclic) bond motifs is 3. The van der Waals surface area contributed by atoms with E-state index in [4.69, 9.17) is 4.74 Å². The van der Waals surface area contributed by atoms with Gasteiger partial charge in [-0.3, -0.25) is 9.59 Å². The number of nitrogens with one attached hydrogen (secondary N) is 1. The van der Waals surface area contributed by atoms with Gasteiger partial charge in [-0.1, -0.05) is 68.3 Å². The Morgan fingerprint density at radius 2 is 1.62 bits per heavy atom. The van der Waals surface area contributed by atoms with Crippen LogP contribution < -0.4 is 5.32 Å². The number of carboxylic acids is 1. The van der Waals surface area contributed by atoms with E-state index in [0.717, 1.165) is 47.9 Å². The van der Waals surface area contributed by atoms with E-state index in [2.05, 4.69) is 24.4 Å². The fourth-order valence-corrected chi connectivity index (χ4v) is 5.44. The number of aliphatic carboxylic acids is 1. The Kier molecular flexibility index (Phi) is 7.20. The summed E-state index contributed by atoms with van der Waals surface area (Å²) in [4.78, 5) is 38.9. The van der Waals surface area contributed by atoms with Crippen LogP contribution in [0.4, 0.5) is 4.79 Å². The minimum atomic E-state index is -1.17. The molecule has 1 fully saturated rings. The zero-order chi connectivity index (χ0) is 24.2. The van der Waals surface area contributed by atoms with Crippen LogP contribution in [0.25, 0.3) is 11.1 Å². The number of nitrogens with zero attached hydrogens (tertiary/aromatic N) is 1. The second-order valence-electron chi connectivity index (χ2n) is 9.40. The molecule has 1 saturated carbocycles. The molecule has 3 atom stereocenters. The van der Waals surface area contributed by atoms with Gasteiger partial charge in [0.25, 0.3) is 0 Å². The fraction of sp³-hybridized carbons (Fsp3) is 0.444. The lowest BCUT2D eigenvalue weighted by Gasteiger charge is -2.37. The summed E-state index contributed by atoms with van der Waals surface area (Å²) < 4.78 is 5.53. The van der Waals surface area contributed by atoms with Gasteiger partial charge in [-0.05, 0) is 41.0 Å². The van der Waals surface area contributed by atoms with Crippen LogP contribution in [0.15, 0.2) is 48.5 Å². The van der Waals surface area contributed by atoms with Crippen LogP contribution in [0.3, 0.4) is 0 Å². The summed E-state index contributed by atoms with van der Waals surface area (Å²) in [6.45, 7) is 2.21. The highest BCUT2D eigenvalue weighted by Crippen LogP contribution is 2.44. The Morgan fingerprint density at radius 3 is 2.21 bits per heavy atom. The van der Waals surface area contributed by atoms with Gasteiger partial charge < -0.3 is 20.1 Å². The molecule has 2 amide bonds. The number of ether oxygens (including phenoxy) is 1. The molecule has 2 aliphatic carbocycles. The standard InChI is InChI=1S/C27H32N2O5/c1-17-9-3-8-14-24(17)29(2)26(32)23(15-25(30)31)28-27(33)34-16-22-20-12-6-4-10-18(20)19-11-5-7-13-21(19)22/h4-7,10-13,17,22-24H,3,8-9,14-16H2,1-2H3,(H,28,33)(H,30,31). The number of rotatable bonds is 7. The van der Waals surface area contributed by atoms with Gasteiger partial charge in [-0.25, -0.2) is 4.79 Å². The number of benzene rings is 2. The van der Waals surface area contributed by atoms with Gasteiger partial charge in [0.1, 0.15) is 12.6 Å². The van der Waals surface area contributed by atoms with Gasteiger partial charge >= 0.3 is 12.1 Å². The van der Waals surface area contributed by atoms with E-state index in [0.29, 0.717) is 5.92 Å². The van der Waals surface area contributed by atoms with E-state index in [1.807, 2.05) is 36.4 Å². The molecule has 0 spiro atoms. The van der Waals surface area contributed by atoms with E-state index in [9.17, 15) is 19.5 Å². The molecule has 0 saturated heterocycles. The number of carboxylic acid groups (broad SMARTS) is 1. The quantitative estimate of drug-likeness (QED) is 0.633. The first kappa shape index (κ1) is 23.8. The first-order chi connectivity index (χ1) is 16.4. The van der Waals surface area contributed by atoms with Crippen molar-refractivity contribution in [2.75, 3.05) is 13.7 Å². The Hall–Kier alpha value is -3.35. The van der Waals surface area contributed by atoms with Crippen molar-refractivity contribution in [2.24, 2.45) is 5.92 Å². The van der Waals surface area contributed by atoms with E-state index in [1.165, 1.54) is 0 Å². The van der Waals surface area contributed by atoms with Crippen LogP contribution in [-0.4, -0.2) is 53.7 Å². The molecular weight excluding hydrogens is 432 g/mol. The van der Waals surface area contributed by atoms with Crippen LogP contribution >= 0.6 is 0 Å². The first-order valence-corrected chi connectivity index (χ1v) is 12.0. The molecule has 7 nitrogen and oxygen atoms in total. The van der Waals surface area contributed by atoms with Gasteiger partial charge in [0, 0.05) is 19.0 Å². The Morgan fingerprint density at radius 1 is 1.03 bits per heavy atom. The monoisotopic (exact) mass is 464 g/mol. The van der Waals surface area contributed by atoms with Crippen molar-refractivity contribution < 1.29 is 24.2 Å². The predicted octanol–water partition coefficient (Wildman–Crippen LogP) is 4.41. The highest BCUT2D eigenvalue weighted by Gasteiger charge is 2.34. The summed E-state index contributed by atoms with van der Waals surface area (Å²) >= 11 is 0. The number of amides is 2. The number of carbonyl (C=O) groups excluding carboxylic acids is 2. The second kappa shape index (κ2) is 10.3. The molecule has 0 heterocycles. The number of hydrogen-bond acceptors (Lipinski definition) is 4. The van der Waals surface area contributed by atoms with Crippen molar-refractivity contribution in [3.63, 3.8) is 0 Å². The predicted molar refractivity (Wildman–Crippen MR) is 128 cm³/mol. The summed E-state index contributed by atoms with van der Waals surface area (Å²) in [5.74, 6) is -1.32. The fourth-order valence-electron chi connectivity index (χ4n) is 5.44. The normalized spacial score (nSPS) is 20.1. The average molecular weight is 465 g/mol. The molecular formula is C27H32N2O5. The lowest BCUT2D eigenvalue weighted by molar-refractivity contribution is -0.143. The number of carbonyl (C=O) groups is 3. The largest absolute Gasteiger partial charge is 0.481 e. The zero-order valence-electron chi connectivity index (χ0n) is 19.7. The average Bonchev–Trinajstić information content (AvgIpc) is 3.15. The zero-order valence-corrected chi connectivity index (χ0v) is 19.7. The SMILES string of the molecule is CC1CCCCC1N(C)C(=O)C(CC(=O)O)NC(=O)OCC1c2ccccc2-c2ccccc21. The number of likely N-dealkylation sites (N-methyl/N-ethyl adjacent to an activating group) is 1. The highest BCUT2D eigenvalue weighted by atomic mass is 16.5. The Balaban J connectivity index is 1.43. The molecule has 0 aromatic heterocycles. The molecule has 34 heavy (non-hydrogen) atoms. The highest BCUT2D eigenvalue weighted by molar-refractivity contribution is 5.89. The van der Waals surface area contributed by atoms with Crippen molar-refractivity contribution in [2.45, 2.75) is 57.0 Å². The summed E-state index contributed by atoms with van der Waals surface area (Å²) in [6.07, 6.45) is 2.81.